The number of benzene rings is 4. The number of methoxy groups -OCH3 is 1. The minimum absolute atomic E-state index is 0.515. The highest BCUT2D eigenvalue weighted by molar-refractivity contribution is 7.17. The summed E-state index contributed by atoms with van der Waals surface area (Å²) in [7, 11) is 1.70. The molecule has 0 fully saturated rings. The molecule has 5 aromatic rings. The van der Waals surface area contributed by atoms with Crippen LogP contribution in [0.2, 0.25) is 0 Å². The summed E-state index contributed by atoms with van der Waals surface area (Å²) in [5.74, 6) is 6.83. The zero-order valence-electron chi connectivity index (χ0n) is 17.4. The molecular weight excluding hydrogens is 384 g/mol. The lowest BCUT2D eigenvalue weighted by Gasteiger charge is -2.16. The van der Waals surface area contributed by atoms with Crippen molar-refractivity contribution in [1.29, 1.82) is 0 Å². The van der Waals surface area contributed by atoms with Gasteiger partial charge in [0.05, 0.1) is 0 Å². The quantitative estimate of drug-likeness (QED) is 0.215. The predicted octanol–water partition coefficient (Wildman–Crippen LogP) is 7.78. The highest BCUT2D eigenvalue weighted by Crippen LogP contribution is 2.38. The van der Waals surface area contributed by atoms with Crippen molar-refractivity contribution in [3.8, 4) is 11.8 Å². The molecule has 0 saturated carbocycles. The first kappa shape index (κ1) is 18.9. The lowest BCUT2D eigenvalue weighted by atomic mass is 9.89. The number of thiophene rings is 1. The van der Waals surface area contributed by atoms with E-state index in [1.165, 1.54) is 31.6 Å². The molecule has 0 radical (unpaired) electrons. The first-order chi connectivity index (χ1) is 14.5. The minimum atomic E-state index is -0.515. The van der Waals surface area contributed by atoms with Crippen molar-refractivity contribution >= 4 is 59.8 Å². The Bertz CT molecular complexity index is 1520. The van der Waals surface area contributed by atoms with Crippen LogP contribution in [0.25, 0.3) is 48.5 Å². The Hall–Kier alpha value is -3.12. The molecule has 146 valence electrons. The van der Waals surface area contributed by atoms with Crippen LogP contribution < -0.4 is 0 Å². The summed E-state index contributed by atoms with van der Waals surface area (Å²) in [5, 5.41) is 10.5. The summed E-state index contributed by atoms with van der Waals surface area (Å²) in [6, 6.07) is 19.7. The fourth-order valence-corrected chi connectivity index (χ4v) is 4.83. The molecule has 0 aliphatic heterocycles. The predicted molar refractivity (Wildman–Crippen MR) is 132 cm³/mol. The van der Waals surface area contributed by atoms with Gasteiger partial charge in [0.1, 0.15) is 5.60 Å². The molecule has 2 heteroatoms. The highest BCUT2D eigenvalue weighted by Gasteiger charge is 2.16. The third-order valence-corrected chi connectivity index (χ3v) is 6.68. The van der Waals surface area contributed by atoms with Gasteiger partial charge in [0.25, 0.3) is 0 Å². The Labute approximate surface area is 180 Å². The third kappa shape index (κ3) is 2.99. The Morgan fingerprint density at radius 2 is 1.53 bits per heavy atom. The van der Waals surface area contributed by atoms with Gasteiger partial charge in [0.2, 0.25) is 0 Å². The maximum absolute atomic E-state index is 5.57. The summed E-state index contributed by atoms with van der Waals surface area (Å²) in [5.41, 5.74) is 1.70. The number of fused-ring (bicyclic) bond motifs is 4. The van der Waals surface area contributed by atoms with E-state index in [9.17, 15) is 0 Å². The topological polar surface area (TPSA) is 9.23 Å². The van der Waals surface area contributed by atoms with Crippen molar-refractivity contribution in [2.24, 2.45) is 0 Å². The molecule has 0 aliphatic carbocycles. The maximum atomic E-state index is 5.57. The summed E-state index contributed by atoms with van der Waals surface area (Å²) in [4.78, 5) is 0. The van der Waals surface area contributed by atoms with Gasteiger partial charge in [0.15, 0.2) is 0 Å². The zero-order chi connectivity index (χ0) is 20.9. The SMILES string of the molecule is C=Cc1c2cc3ccccc3cc2c(C#CC(C)(C)OC)c2cc3ccsc3cc12. The lowest BCUT2D eigenvalue weighted by Crippen LogP contribution is -2.19. The monoisotopic (exact) mass is 406 g/mol. The van der Waals surface area contributed by atoms with Gasteiger partial charge in [0, 0.05) is 17.4 Å². The van der Waals surface area contributed by atoms with Gasteiger partial charge < -0.3 is 4.74 Å². The number of rotatable bonds is 2. The van der Waals surface area contributed by atoms with E-state index in [1.54, 1.807) is 18.4 Å². The van der Waals surface area contributed by atoms with E-state index in [4.69, 9.17) is 4.74 Å². The number of ether oxygens (including phenoxy) is 1. The largest absolute Gasteiger partial charge is 0.366 e. The number of hydrogen-bond donors (Lipinski definition) is 0. The summed E-state index contributed by atoms with van der Waals surface area (Å²) < 4.78 is 6.85. The molecule has 0 saturated heterocycles. The van der Waals surface area contributed by atoms with Crippen LogP contribution in [0.15, 0.2) is 66.6 Å². The van der Waals surface area contributed by atoms with Crippen molar-refractivity contribution in [3.05, 3.63) is 77.7 Å². The van der Waals surface area contributed by atoms with E-state index in [0.717, 1.165) is 21.9 Å². The summed E-state index contributed by atoms with van der Waals surface area (Å²) in [6.45, 7) is 8.14. The van der Waals surface area contributed by atoms with Crippen LogP contribution in [0.5, 0.6) is 0 Å². The first-order valence-electron chi connectivity index (χ1n) is 10.0. The van der Waals surface area contributed by atoms with Crippen molar-refractivity contribution in [3.63, 3.8) is 0 Å². The molecule has 30 heavy (non-hydrogen) atoms. The average Bonchev–Trinajstić information content (AvgIpc) is 3.21. The van der Waals surface area contributed by atoms with Crippen molar-refractivity contribution < 1.29 is 4.74 Å². The van der Waals surface area contributed by atoms with E-state index in [-0.39, 0.29) is 0 Å². The molecule has 0 spiro atoms. The van der Waals surface area contributed by atoms with Crippen molar-refractivity contribution in [2.45, 2.75) is 19.4 Å². The van der Waals surface area contributed by atoms with E-state index < -0.39 is 5.60 Å². The Morgan fingerprint density at radius 1 is 0.900 bits per heavy atom. The fourth-order valence-electron chi connectivity index (χ4n) is 4.02. The second-order valence-corrected chi connectivity index (χ2v) is 9.01. The maximum Gasteiger partial charge on any atom is 0.123 e. The molecule has 0 atom stereocenters. The van der Waals surface area contributed by atoms with Gasteiger partial charge >= 0.3 is 0 Å². The normalized spacial score (nSPS) is 11.8. The standard InChI is InChI=1S/C28H22OS/c1-5-21-23-14-18-8-6-7-9-19(18)15-24(23)22(10-12-28(2,3)29-4)25-16-20-11-13-30-27(20)17-26(21)25/h5-9,11,13-17H,1H2,2-4H3. The average molecular weight is 407 g/mol. The molecule has 4 aromatic carbocycles. The molecule has 0 aliphatic rings. The summed E-state index contributed by atoms with van der Waals surface area (Å²) in [6.07, 6.45) is 1.98. The molecule has 0 amide bonds. The van der Waals surface area contributed by atoms with E-state index in [2.05, 4.69) is 78.4 Å². The number of hydrogen-bond acceptors (Lipinski definition) is 2. The van der Waals surface area contributed by atoms with E-state index in [0.29, 0.717) is 0 Å². The third-order valence-electron chi connectivity index (χ3n) is 5.80. The molecular formula is C28H22OS. The molecule has 5 rings (SSSR count). The van der Waals surface area contributed by atoms with Crippen molar-refractivity contribution in [2.75, 3.05) is 7.11 Å². The summed E-state index contributed by atoms with van der Waals surface area (Å²) >= 11 is 1.77. The first-order valence-corrected chi connectivity index (χ1v) is 10.9. The van der Waals surface area contributed by atoms with Gasteiger partial charge in [-0.05, 0) is 92.8 Å². The highest BCUT2D eigenvalue weighted by atomic mass is 32.1. The van der Waals surface area contributed by atoms with Gasteiger partial charge in [-0.1, -0.05) is 48.8 Å². The van der Waals surface area contributed by atoms with Crippen LogP contribution in [0.3, 0.4) is 0 Å². The van der Waals surface area contributed by atoms with Crippen molar-refractivity contribution in [1.82, 2.24) is 0 Å². The van der Waals surface area contributed by atoms with Crippen LogP contribution in [-0.2, 0) is 4.74 Å². The van der Waals surface area contributed by atoms with Crippen LogP contribution in [0, 0.1) is 11.8 Å². The molecule has 1 nitrogen and oxygen atoms in total. The second-order valence-electron chi connectivity index (χ2n) is 8.06. The van der Waals surface area contributed by atoms with Crippen LogP contribution >= 0.6 is 11.3 Å². The Kier molecular flexibility index (Phi) is 4.40. The lowest BCUT2D eigenvalue weighted by molar-refractivity contribution is 0.0742. The molecule has 0 unspecified atom stereocenters. The zero-order valence-corrected chi connectivity index (χ0v) is 18.2. The minimum Gasteiger partial charge on any atom is -0.366 e. The Balaban J connectivity index is 2.02. The molecule has 0 bridgehead atoms. The molecule has 1 aromatic heterocycles. The van der Waals surface area contributed by atoms with Gasteiger partial charge in [-0.3, -0.25) is 0 Å². The second kappa shape index (κ2) is 6.99. The smallest absolute Gasteiger partial charge is 0.123 e. The molecule has 1 heterocycles. The Morgan fingerprint density at radius 3 is 2.20 bits per heavy atom. The van der Waals surface area contributed by atoms with Crippen LogP contribution in [-0.4, -0.2) is 12.7 Å². The van der Waals surface area contributed by atoms with E-state index >= 15 is 0 Å². The van der Waals surface area contributed by atoms with Gasteiger partial charge in [-0.15, -0.1) is 11.3 Å². The molecule has 0 N–H and O–H groups in total. The van der Waals surface area contributed by atoms with Crippen LogP contribution in [0.1, 0.15) is 25.0 Å². The van der Waals surface area contributed by atoms with E-state index in [1.807, 2.05) is 19.9 Å². The fraction of sp³-hybridized carbons (Fsp3) is 0.143. The van der Waals surface area contributed by atoms with Gasteiger partial charge in [-0.25, -0.2) is 0 Å². The van der Waals surface area contributed by atoms with Gasteiger partial charge in [-0.2, -0.15) is 0 Å². The van der Waals surface area contributed by atoms with Crippen LogP contribution in [0.4, 0.5) is 0 Å².